The number of benzene rings is 2. The van der Waals surface area contributed by atoms with Gasteiger partial charge in [0.25, 0.3) is 0 Å². The zero-order valence-corrected chi connectivity index (χ0v) is 13.1. The summed E-state index contributed by atoms with van der Waals surface area (Å²) in [7, 11) is 1.61. The van der Waals surface area contributed by atoms with E-state index in [2.05, 4.69) is 21.2 Å². The van der Waals surface area contributed by atoms with Crippen molar-refractivity contribution in [1.29, 1.82) is 0 Å². The highest BCUT2D eigenvalue weighted by Gasteiger charge is 2.09. The fraction of sp³-hybridized carbons (Fsp3) is 0.0769. The maximum atomic E-state index is 6.12. The molecule has 3 N–H and O–H groups in total. The Hall–Kier alpha value is -1.10. The fourth-order valence-electron chi connectivity index (χ4n) is 1.60. The van der Waals surface area contributed by atoms with E-state index in [4.69, 9.17) is 33.7 Å². The SMILES string of the molecule is COc1ccc(Nc2c(Cl)cc(N)cc2Cl)cc1Br. The lowest BCUT2D eigenvalue weighted by Gasteiger charge is -2.12. The van der Waals surface area contributed by atoms with Crippen LogP contribution in [-0.4, -0.2) is 7.11 Å². The molecule has 0 atom stereocenters. The van der Waals surface area contributed by atoms with Crippen molar-refractivity contribution in [1.82, 2.24) is 0 Å². The molecule has 100 valence electrons. The van der Waals surface area contributed by atoms with Gasteiger partial charge in [0.15, 0.2) is 0 Å². The summed E-state index contributed by atoms with van der Waals surface area (Å²) >= 11 is 15.7. The van der Waals surface area contributed by atoms with E-state index < -0.39 is 0 Å². The molecule has 0 unspecified atom stereocenters. The topological polar surface area (TPSA) is 47.3 Å². The molecule has 0 bridgehead atoms. The first-order valence-corrected chi connectivity index (χ1v) is 6.91. The van der Waals surface area contributed by atoms with Crippen LogP contribution in [0.3, 0.4) is 0 Å². The van der Waals surface area contributed by atoms with E-state index in [0.29, 0.717) is 21.4 Å². The first kappa shape index (κ1) is 14.3. The standard InChI is InChI=1S/C13H11BrCl2N2O/c1-19-12-3-2-8(6-9(12)14)18-13-10(15)4-7(17)5-11(13)16/h2-6,18H,17H2,1H3. The van der Waals surface area contributed by atoms with Crippen molar-refractivity contribution in [2.45, 2.75) is 0 Å². The number of methoxy groups -OCH3 is 1. The average molecular weight is 362 g/mol. The summed E-state index contributed by atoms with van der Waals surface area (Å²) in [5.41, 5.74) is 7.64. The Morgan fingerprint density at radius 3 is 2.32 bits per heavy atom. The van der Waals surface area contributed by atoms with E-state index in [1.165, 1.54) is 0 Å². The lowest BCUT2D eigenvalue weighted by molar-refractivity contribution is 0.412. The minimum absolute atomic E-state index is 0.469. The summed E-state index contributed by atoms with van der Waals surface area (Å²) in [6.45, 7) is 0. The second-order valence-electron chi connectivity index (χ2n) is 3.83. The van der Waals surface area contributed by atoms with Crippen molar-refractivity contribution >= 4 is 56.2 Å². The Morgan fingerprint density at radius 2 is 1.79 bits per heavy atom. The van der Waals surface area contributed by atoms with Gasteiger partial charge in [-0.25, -0.2) is 0 Å². The highest BCUT2D eigenvalue weighted by molar-refractivity contribution is 9.10. The normalized spacial score (nSPS) is 10.3. The molecule has 3 nitrogen and oxygen atoms in total. The molecule has 0 saturated carbocycles. The maximum absolute atomic E-state index is 6.12. The summed E-state index contributed by atoms with van der Waals surface area (Å²) in [6, 6.07) is 8.88. The molecule has 19 heavy (non-hydrogen) atoms. The molecule has 6 heteroatoms. The van der Waals surface area contributed by atoms with Crippen LogP contribution in [0.1, 0.15) is 0 Å². The number of nitrogen functional groups attached to an aromatic ring is 1. The molecule has 0 fully saturated rings. The van der Waals surface area contributed by atoms with Gasteiger partial charge in [-0.3, -0.25) is 0 Å². The van der Waals surface area contributed by atoms with Crippen LogP contribution in [0, 0.1) is 0 Å². The van der Waals surface area contributed by atoms with Gasteiger partial charge >= 0.3 is 0 Å². The van der Waals surface area contributed by atoms with E-state index in [9.17, 15) is 0 Å². The van der Waals surface area contributed by atoms with Gasteiger partial charge in [-0.05, 0) is 46.3 Å². The lowest BCUT2D eigenvalue weighted by atomic mass is 10.2. The fourth-order valence-corrected chi connectivity index (χ4v) is 2.74. The highest BCUT2D eigenvalue weighted by atomic mass is 79.9. The zero-order chi connectivity index (χ0) is 14.0. The Kier molecular flexibility index (Phi) is 4.45. The Morgan fingerprint density at radius 1 is 1.16 bits per heavy atom. The molecule has 0 amide bonds. The van der Waals surface area contributed by atoms with Gasteiger partial charge in [-0.15, -0.1) is 0 Å². The number of hydrogen-bond acceptors (Lipinski definition) is 3. The average Bonchev–Trinajstić information content (AvgIpc) is 2.34. The van der Waals surface area contributed by atoms with Crippen LogP contribution in [0.2, 0.25) is 10.0 Å². The minimum Gasteiger partial charge on any atom is -0.496 e. The lowest BCUT2D eigenvalue weighted by Crippen LogP contribution is -1.95. The van der Waals surface area contributed by atoms with E-state index in [-0.39, 0.29) is 0 Å². The van der Waals surface area contributed by atoms with Crippen molar-refractivity contribution in [2.24, 2.45) is 0 Å². The third kappa shape index (κ3) is 3.26. The van der Waals surface area contributed by atoms with E-state index >= 15 is 0 Å². The Balaban J connectivity index is 2.34. The van der Waals surface area contributed by atoms with Crippen molar-refractivity contribution in [3.8, 4) is 5.75 Å². The molecule has 0 heterocycles. The Bertz CT molecular complexity index is 597. The smallest absolute Gasteiger partial charge is 0.133 e. The number of hydrogen-bond donors (Lipinski definition) is 2. The van der Waals surface area contributed by atoms with Crippen molar-refractivity contribution in [3.05, 3.63) is 44.8 Å². The molecule has 2 aromatic rings. The predicted molar refractivity (Wildman–Crippen MR) is 84.9 cm³/mol. The molecule has 0 aliphatic carbocycles. The van der Waals surface area contributed by atoms with Gasteiger partial charge in [0.1, 0.15) is 5.75 Å². The Labute approximate surface area is 129 Å². The number of nitrogens with two attached hydrogens (primary N) is 1. The number of nitrogens with one attached hydrogen (secondary N) is 1. The monoisotopic (exact) mass is 360 g/mol. The zero-order valence-electron chi connectivity index (χ0n) is 10.0. The minimum atomic E-state index is 0.469. The summed E-state index contributed by atoms with van der Waals surface area (Å²) in [5, 5.41) is 4.09. The highest BCUT2D eigenvalue weighted by Crippen LogP contribution is 2.36. The van der Waals surface area contributed by atoms with E-state index in [1.54, 1.807) is 19.2 Å². The second-order valence-corrected chi connectivity index (χ2v) is 5.50. The van der Waals surface area contributed by atoms with Crippen molar-refractivity contribution in [2.75, 3.05) is 18.2 Å². The number of halogens is 3. The summed E-state index contributed by atoms with van der Waals surface area (Å²) in [4.78, 5) is 0. The number of rotatable bonds is 3. The van der Waals surface area contributed by atoms with Gasteiger partial charge in [0.2, 0.25) is 0 Å². The molecule has 0 aromatic heterocycles. The second kappa shape index (κ2) is 5.90. The molecule has 0 aliphatic heterocycles. The number of ether oxygens (including phenoxy) is 1. The van der Waals surface area contributed by atoms with Crippen LogP contribution < -0.4 is 15.8 Å². The van der Waals surface area contributed by atoms with Gasteiger partial charge in [0, 0.05) is 11.4 Å². The van der Waals surface area contributed by atoms with Crippen LogP contribution >= 0.6 is 39.1 Å². The summed E-state index contributed by atoms with van der Waals surface area (Å²) in [6.07, 6.45) is 0. The third-order valence-corrected chi connectivity index (χ3v) is 3.70. The number of anilines is 3. The maximum Gasteiger partial charge on any atom is 0.133 e. The molecule has 0 radical (unpaired) electrons. The molecular weight excluding hydrogens is 351 g/mol. The third-order valence-electron chi connectivity index (χ3n) is 2.49. The van der Waals surface area contributed by atoms with Gasteiger partial charge in [-0.2, -0.15) is 0 Å². The molecule has 0 spiro atoms. The van der Waals surface area contributed by atoms with Crippen molar-refractivity contribution in [3.63, 3.8) is 0 Å². The van der Waals surface area contributed by atoms with Crippen LogP contribution in [0.5, 0.6) is 5.75 Å². The molecule has 2 aromatic carbocycles. The van der Waals surface area contributed by atoms with Gasteiger partial charge < -0.3 is 15.8 Å². The van der Waals surface area contributed by atoms with E-state index in [1.807, 2.05) is 18.2 Å². The van der Waals surface area contributed by atoms with Crippen LogP contribution in [0.4, 0.5) is 17.1 Å². The van der Waals surface area contributed by atoms with E-state index in [0.717, 1.165) is 15.9 Å². The summed E-state index contributed by atoms with van der Waals surface area (Å²) < 4.78 is 6.01. The predicted octanol–water partition coefficient (Wildman–Crippen LogP) is 5.09. The summed E-state index contributed by atoms with van der Waals surface area (Å²) in [5.74, 6) is 0.750. The van der Waals surface area contributed by atoms with Gasteiger partial charge in [-0.1, -0.05) is 23.2 Å². The largest absolute Gasteiger partial charge is 0.496 e. The first-order chi connectivity index (χ1) is 9.01. The van der Waals surface area contributed by atoms with Crippen LogP contribution in [0.15, 0.2) is 34.8 Å². The molecule has 0 saturated heterocycles. The molecular formula is C13H11BrCl2N2O. The van der Waals surface area contributed by atoms with Crippen molar-refractivity contribution < 1.29 is 4.74 Å². The van der Waals surface area contributed by atoms with Crippen LogP contribution in [-0.2, 0) is 0 Å². The molecule has 2 rings (SSSR count). The molecule has 0 aliphatic rings. The van der Waals surface area contributed by atoms with Crippen LogP contribution in [0.25, 0.3) is 0 Å². The van der Waals surface area contributed by atoms with Gasteiger partial charge in [0.05, 0.1) is 27.3 Å². The quantitative estimate of drug-likeness (QED) is 0.748. The first-order valence-electron chi connectivity index (χ1n) is 5.36.